The number of carbonyl (C=O) groups excluding carboxylic acids is 1. The molecule has 0 aliphatic carbocycles. The Morgan fingerprint density at radius 2 is 1.61 bits per heavy atom. The summed E-state index contributed by atoms with van der Waals surface area (Å²) in [5, 5.41) is 3.57. The van der Waals surface area contributed by atoms with Gasteiger partial charge in [0.25, 0.3) is 5.91 Å². The molecule has 0 atom stereocenters. The molecule has 1 saturated heterocycles. The fourth-order valence-corrected chi connectivity index (χ4v) is 2.99. The summed E-state index contributed by atoms with van der Waals surface area (Å²) < 4.78 is 0. The first-order chi connectivity index (χ1) is 11.2. The number of halogens is 1. The highest BCUT2D eigenvalue weighted by atomic mass is 35.5. The van der Waals surface area contributed by atoms with Gasteiger partial charge in [-0.2, -0.15) is 0 Å². The van der Waals surface area contributed by atoms with E-state index in [1.165, 1.54) is 24.9 Å². The van der Waals surface area contributed by atoms with E-state index in [-0.39, 0.29) is 5.91 Å². The molecule has 3 rings (SSSR count). The number of benzene rings is 2. The van der Waals surface area contributed by atoms with Crippen molar-refractivity contribution in [1.29, 1.82) is 0 Å². The molecular formula is C19H21ClN2O. The van der Waals surface area contributed by atoms with Crippen LogP contribution in [-0.2, 0) is 6.54 Å². The van der Waals surface area contributed by atoms with Crippen molar-refractivity contribution >= 4 is 23.2 Å². The van der Waals surface area contributed by atoms with E-state index in [0.29, 0.717) is 17.1 Å². The molecule has 1 aliphatic heterocycles. The van der Waals surface area contributed by atoms with Crippen molar-refractivity contribution in [3.05, 3.63) is 64.7 Å². The van der Waals surface area contributed by atoms with E-state index in [2.05, 4.69) is 34.5 Å². The van der Waals surface area contributed by atoms with E-state index in [9.17, 15) is 4.79 Å². The number of rotatable bonds is 4. The van der Waals surface area contributed by atoms with Crippen molar-refractivity contribution in [2.24, 2.45) is 0 Å². The smallest absolute Gasteiger partial charge is 0.251 e. The fourth-order valence-electron chi connectivity index (χ4n) is 2.86. The van der Waals surface area contributed by atoms with Gasteiger partial charge in [0.1, 0.15) is 0 Å². The van der Waals surface area contributed by atoms with Crippen molar-refractivity contribution < 1.29 is 4.79 Å². The first kappa shape index (κ1) is 15.9. The SMILES string of the molecule is O=C(NCc1ccc(N2CCCCC2)cc1)c1ccc(Cl)cc1. The molecular weight excluding hydrogens is 308 g/mol. The number of nitrogens with zero attached hydrogens (tertiary/aromatic N) is 1. The Labute approximate surface area is 142 Å². The largest absolute Gasteiger partial charge is 0.372 e. The summed E-state index contributed by atoms with van der Waals surface area (Å²) in [5.41, 5.74) is 3.00. The molecule has 120 valence electrons. The van der Waals surface area contributed by atoms with Gasteiger partial charge in [0.2, 0.25) is 0 Å². The van der Waals surface area contributed by atoms with Crippen LogP contribution in [0.25, 0.3) is 0 Å². The monoisotopic (exact) mass is 328 g/mol. The molecule has 1 N–H and O–H groups in total. The molecule has 1 amide bonds. The van der Waals surface area contributed by atoms with Crippen LogP contribution in [-0.4, -0.2) is 19.0 Å². The van der Waals surface area contributed by atoms with E-state index >= 15 is 0 Å². The molecule has 4 heteroatoms. The Hall–Kier alpha value is -2.00. The number of piperidine rings is 1. The molecule has 0 bridgehead atoms. The maximum absolute atomic E-state index is 12.1. The van der Waals surface area contributed by atoms with Crippen LogP contribution in [0.1, 0.15) is 35.2 Å². The highest BCUT2D eigenvalue weighted by Gasteiger charge is 2.10. The van der Waals surface area contributed by atoms with Gasteiger partial charge >= 0.3 is 0 Å². The second kappa shape index (κ2) is 7.51. The minimum Gasteiger partial charge on any atom is -0.372 e. The summed E-state index contributed by atoms with van der Waals surface area (Å²) in [6.07, 6.45) is 3.89. The van der Waals surface area contributed by atoms with E-state index in [1.807, 2.05) is 0 Å². The summed E-state index contributed by atoms with van der Waals surface area (Å²) >= 11 is 5.83. The Balaban J connectivity index is 1.55. The minimum absolute atomic E-state index is 0.0817. The third-order valence-corrected chi connectivity index (χ3v) is 4.47. The van der Waals surface area contributed by atoms with Crippen LogP contribution in [0.5, 0.6) is 0 Å². The highest BCUT2D eigenvalue weighted by molar-refractivity contribution is 6.30. The molecule has 0 aromatic heterocycles. The summed E-state index contributed by atoms with van der Waals surface area (Å²) in [6, 6.07) is 15.4. The Morgan fingerprint density at radius 1 is 0.957 bits per heavy atom. The molecule has 1 fully saturated rings. The number of hydrogen-bond acceptors (Lipinski definition) is 2. The van der Waals surface area contributed by atoms with E-state index in [4.69, 9.17) is 11.6 Å². The third-order valence-electron chi connectivity index (χ3n) is 4.22. The Bertz CT molecular complexity index is 646. The summed E-state index contributed by atoms with van der Waals surface area (Å²) in [6.45, 7) is 2.82. The zero-order chi connectivity index (χ0) is 16.1. The maximum atomic E-state index is 12.1. The van der Waals surface area contributed by atoms with Gasteiger partial charge < -0.3 is 10.2 Å². The Kier molecular flexibility index (Phi) is 5.19. The number of anilines is 1. The lowest BCUT2D eigenvalue weighted by molar-refractivity contribution is 0.0951. The molecule has 2 aromatic rings. The highest BCUT2D eigenvalue weighted by Crippen LogP contribution is 2.20. The second-order valence-electron chi connectivity index (χ2n) is 5.90. The van der Waals surface area contributed by atoms with Gasteiger partial charge in [-0.25, -0.2) is 0 Å². The normalized spacial score (nSPS) is 14.6. The molecule has 1 aliphatic rings. The van der Waals surface area contributed by atoms with Gasteiger partial charge in [-0.3, -0.25) is 4.79 Å². The van der Waals surface area contributed by atoms with Crippen molar-refractivity contribution in [2.75, 3.05) is 18.0 Å². The van der Waals surface area contributed by atoms with E-state index < -0.39 is 0 Å². The average Bonchev–Trinajstić information content (AvgIpc) is 2.61. The van der Waals surface area contributed by atoms with Gasteiger partial charge in [-0.15, -0.1) is 0 Å². The molecule has 23 heavy (non-hydrogen) atoms. The maximum Gasteiger partial charge on any atom is 0.251 e. The zero-order valence-electron chi connectivity index (χ0n) is 13.1. The zero-order valence-corrected chi connectivity index (χ0v) is 13.9. The number of amides is 1. The minimum atomic E-state index is -0.0817. The van der Waals surface area contributed by atoms with Gasteiger partial charge in [-0.05, 0) is 61.2 Å². The van der Waals surface area contributed by atoms with Gasteiger partial charge in [0, 0.05) is 35.9 Å². The number of hydrogen-bond donors (Lipinski definition) is 1. The lowest BCUT2D eigenvalue weighted by Crippen LogP contribution is -2.29. The Morgan fingerprint density at radius 3 is 2.26 bits per heavy atom. The quantitative estimate of drug-likeness (QED) is 0.909. The molecule has 0 unspecified atom stereocenters. The topological polar surface area (TPSA) is 32.3 Å². The predicted molar refractivity (Wildman–Crippen MR) is 95.1 cm³/mol. The average molecular weight is 329 g/mol. The summed E-state index contributed by atoms with van der Waals surface area (Å²) in [7, 11) is 0. The molecule has 1 heterocycles. The second-order valence-corrected chi connectivity index (χ2v) is 6.34. The van der Waals surface area contributed by atoms with Crippen LogP contribution in [0.2, 0.25) is 5.02 Å². The van der Waals surface area contributed by atoms with Crippen molar-refractivity contribution in [1.82, 2.24) is 5.32 Å². The van der Waals surface area contributed by atoms with E-state index in [1.54, 1.807) is 24.3 Å². The summed E-state index contributed by atoms with van der Waals surface area (Å²) in [4.78, 5) is 14.5. The molecule has 3 nitrogen and oxygen atoms in total. The van der Waals surface area contributed by atoms with Crippen LogP contribution in [0.4, 0.5) is 5.69 Å². The van der Waals surface area contributed by atoms with Gasteiger partial charge in [-0.1, -0.05) is 23.7 Å². The van der Waals surface area contributed by atoms with Crippen LogP contribution in [0.3, 0.4) is 0 Å². The third kappa shape index (κ3) is 4.26. The van der Waals surface area contributed by atoms with Gasteiger partial charge in [0.15, 0.2) is 0 Å². The van der Waals surface area contributed by atoms with Crippen molar-refractivity contribution in [3.8, 4) is 0 Å². The van der Waals surface area contributed by atoms with Crippen molar-refractivity contribution in [3.63, 3.8) is 0 Å². The first-order valence-electron chi connectivity index (χ1n) is 8.10. The number of nitrogens with one attached hydrogen (secondary N) is 1. The number of carbonyl (C=O) groups is 1. The van der Waals surface area contributed by atoms with Gasteiger partial charge in [0.05, 0.1) is 0 Å². The first-order valence-corrected chi connectivity index (χ1v) is 8.48. The molecule has 0 saturated carbocycles. The fraction of sp³-hybridized carbons (Fsp3) is 0.316. The van der Waals surface area contributed by atoms with Crippen molar-refractivity contribution in [2.45, 2.75) is 25.8 Å². The standard InChI is InChI=1S/C19H21ClN2O/c20-17-8-6-16(7-9-17)19(23)21-14-15-4-10-18(11-5-15)22-12-2-1-3-13-22/h4-11H,1-3,12-14H2,(H,21,23). The predicted octanol–water partition coefficient (Wildman–Crippen LogP) is 4.26. The van der Waals surface area contributed by atoms with Crippen LogP contribution in [0.15, 0.2) is 48.5 Å². The van der Waals surface area contributed by atoms with Crippen LogP contribution >= 0.6 is 11.6 Å². The lowest BCUT2D eigenvalue weighted by Gasteiger charge is -2.28. The lowest BCUT2D eigenvalue weighted by atomic mass is 10.1. The molecule has 0 spiro atoms. The molecule has 2 aromatic carbocycles. The molecule has 0 radical (unpaired) electrons. The van der Waals surface area contributed by atoms with Crippen LogP contribution in [0, 0.1) is 0 Å². The van der Waals surface area contributed by atoms with E-state index in [0.717, 1.165) is 18.7 Å². The summed E-state index contributed by atoms with van der Waals surface area (Å²) in [5.74, 6) is -0.0817. The van der Waals surface area contributed by atoms with Crippen LogP contribution < -0.4 is 10.2 Å².